The highest BCUT2D eigenvalue weighted by atomic mass is 35.5. The number of amides is 1. The summed E-state index contributed by atoms with van der Waals surface area (Å²) in [7, 11) is -2.63. The third-order valence-corrected chi connectivity index (χ3v) is 6.49. The number of rotatable bonds is 6. The number of carbonyl (C=O) groups excluding carboxylic acids is 2. The number of sulfonamides is 1. The molecule has 0 aromatic heterocycles. The lowest BCUT2D eigenvalue weighted by molar-refractivity contribution is 0.0600. The summed E-state index contributed by atoms with van der Waals surface area (Å²) < 4.78 is 32.4. The van der Waals surface area contributed by atoms with Crippen LogP contribution in [0, 0.1) is 6.92 Å². The molecule has 3 aromatic carbocycles. The fourth-order valence-corrected chi connectivity index (χ4v) is 4.17. The Morgan fingerprint density at radius 1 is 0.906 bits per heavy atom. The Kier molecular flexibility index (Phi) is 7.08. The van der Waals surface area contributed by atoms with Crippen LogP contribution in [0.4, 0.5) is 11.4 Å². The van der Waals surface area contributed by atoms with E-state index < -0.39 is 21.9 Å². The molecule has 2 N–H and O–H groups in total. The van der Waals surface area contributed by atoms with Crippen LogP contribution >= 0.6 is 23.2 Å². The number of hydrogen-bond acceptors (Lipinski definition) is 5. The third kappa shape index (κ3) is 5.40. The quantitative estimate of drug-likeness (QED) is 0.463. The van der Waals surface area contributed by atoms with Crippen molar-refractivity contribution in [3.05, 3.63) is 87.4 Å². The topological polar surface area (TPSA) is 102 Å². The SMILES string of the molecule is COC(=O)c1ccc(Cl)c(NC(=O)c2cc(NS(=O)(=O)c3ccc(C)cc3)ccc2Cl)c1. The highest BCUT2D eigenvalue weighted by Gasteiger charge is 2.18. The van der Waals surface area contributed by atoms with Crippen molar-refractivity contribution in [2.24, 2.45) is 0 Å². The molecule has 1 amide bonds. The summed E-state index contributed by atoms with van der Waals surface area (Å²) in [5, 5.41) is 2.87. The minimum absolute atomic E-state index is 0.00955. The van der Waals surface area contributed by atoms with Gasteiger partial charge in [0.2, 0.25) is 0 Å². The Bertz CT molecular complexity index is 1290. The van der Waals surface area contributed by atoms with E-state index >= 15 is 0 Å². The Balaban J connectivity index is 1.86. The highest BCUT2D eigenvalue weighted by Crippen LogP contribution is 2.27. The molecule has 0 unspecified atom stereocenters. The lowest BCUT2D eigenvalue weighted by atomic mass is 10.1. The van der Waals surface area contributed by atoms with E-state index in [-0.39, 0.29) is 37.4 Å². The number of methoxy groups -OCH3 is 1. The Morgan fingerprint density at radius 2 is 1.56 bits per heavy atom. The van der Waals surface area contributed by atoms with E-state index in [1.165, 1.54) is 55.6 Å². The average molecular weight is 493 g/mol. The molecule has 0 aliphatic heterocycles. The average Bonchev–Trinajstić information content (AvgIpc) is 2.76. The van der Waals surface area contributed by atoms with Crippen molar-refractivity contribution in [1.29, 1.82) is 0 Å². The van der Waals surface area contributed by atoms with E-state index in [0.29, 0.717) is 0 Å². The van der Waals surface area contributed by atoms with E-state index in [1.54, 1.807) is 12.1 Å². The molecule has 0 aliphatic rings. The largest absolute Gasteiger partial charge is 0.465 e. The van der Waals surface area contributed by atoms with Crippen LogP contribution in [-0.2, 0) is 14.8 Å². The summed E-state index contributed by atoms with van der Waals surface area (Å²) in [5.41, 5.74) is 1.44. The zero-order valence-electron chi connectivity index (χ0n) is 17.0. The van der Waals surface area contributed by atoms with Gasteiger partial charge in [-0.3, -0.25) is 9.52 Å². The minimum Gasteiger partial charge on any atom is -0.465 e. The lowest BCUT2D eigenvalue weighted by Gasteiger charge is -2.12. The molecular formula is C22H18Cl2N2O5S. The smallest absolute Gasteiger partial charge is 0.337 e. The summed E-state index contributed by atoms with van der Waals surface area (Å²) in [6, 6.07) is 14.7. The molecule has 10 heteroatoms. The molecule has 0 saturated carbocycles. The maximum Gasteiger partial charge on any atom is 0.337 e. The van der Waals surface area contributed by atoms with E-state index in [9.17, 15) is 18.0 Å². The normalized spacial score (nSPS) is 11.0. The van der Waals surface area contributed by atoms with Gasteiger partial charge in [-0.15, -0.1) is 0 Å². The number of hydrogen-bond donors (Lipinski definition) is 2. The predicted molar refractivity (Wildman–Crippen MR) is 124 cm³/mol. The standard InChI is InChI=1S/C22H18Cl2N2O5S/c1-13-3-7-16(8-4-13)32(29,30)26-15-6-10-18(23)17(12-15)21(27)25-20-11-14(22(28)31-2)5-9-19(20)24/h3-12,26H,1-2H3,(H,25,27). The van der Waals surface area contributed by atoms with Gasteiger partial charge >= 0.3 is 5.97 Å². The third-order valence-electron chi connectivity index (χ3n) is 4.43. The van der Waals surface area contributed by atoms with Crippen LogP contribution < -0.4 is 10.0 Å². The molecule has 0 saturated heterocycles. The van der Waals surface area contributed by atoms with Crippen molar-refractivity contribution < 1.29 is 22.7 Å². The van der Waals surface area contributed by atoms with E-state index in [0.717, 1.165) is 5.56 Å². The second kappa shape index (κ2) is 9.60. The highest BCUT2D eigenvalue weighted by molar-refractivity contribution is 7.92. The van der Waals surface area contributed by atoms with Gasteiger partial charge in [-0.05, 0) is 55.5 Å². The summed E-state index contributed by atoms with van der Waals surface area (Å²) >= 11 is 12.3. The van der Waals surface area contributed by atoms with Crippen LogP contribution in [0.1, 0.15) is 26.3 Å². The number of ether oxygens (including phenoxy) is 1. The molecule has 0 heterocycles. The molecule has 3 aromatic rings. The Labute approximate surface area is 195 Å². The van der Waals surface area contributed by atoms with Crippen molar-refractivity contribution in [3.8, 4) is 0 Å². The van der Waals surface area contributed by atoms with Gasteiger partial charge in [0, 0.05) is 5.69 Å². The van der Waals surface area contributed by atoms with E-state index in [4.69, 9.17) is 23.2 Å². The monoisotopic (exact) mass is 492 g/mol. The maximum atomic E-state index is 12.8. The van der Waals surface area contributed by atoms with Gasteiger partial charge in [0.25, 0.3) is 15.9 Å². The van der Waals surface area contributed by atoms with Gasteiger partial charge in [0.05, 0.1) is 38.9 Å². The molecular weight excluding hydrogens is 475 g/mol. The van der Waals surface area contributed by atoms with Gasteiger partial charge in [0.1, 0.15) is 0 Å². The van der Waals surface area contributed by atoms with Crippen molar-refractivity contribution in [2.45, 2.75) is 11.8 Å². The van der Waals surface area contributed by atoms with Crippen molar-refractivity contribution >= 4 is 56.5 Å². The van der Waals surface area contributed by atoms with E-state index in [1.807, 2.05) is 6.92 Å². The molecule has 0 aliphatic carbocycles. The fourth-order valence-electron chi connectivity index (χ4n) is 2.75. The molecule has 7 nitrogen and oxygen atoms in total. The fraction of sp³-hybridized carbons (Fsp3) is 0.0909. The predicted octanol–water partition coefficient (Wildman–Crippen LogP) is 5.14. The Morgan fingerprint density at radius 3 is 2.22 bits per heavy atom. The first-order valence-electron chi connectivity index (χ1n) is 9.19. The number of halogens is 2. The number of esters is 1. The first-order chi connectivity index (χ1) is 15.1. The molecule has 0 spiro atoms. The zero-order valence-corrected chi connectivity index (χ0v) is 19.3. The summed E-state index contributed by atoms with van der Waals surface area (Å²) in [5.74, 6) is -1.24. The number of nitrogens with one attached hydrogen (secondary N) is 2. The van der Waals surface area contributed by atoms with Crippen molar-refractivity contribution in [2.75, 3.05) is 17.1 Å². The van der Waals surface area contributed by atoms with Gasteiger partial charge in [-0.25, -0.2) is 13.2 Å². The van der Waals surface area contributed by atoms with Gasteiger partial charge in [-0.2, -0.15) is 0 Å². The molecule has 166 valence electrons. The minimum atomic E-state index is -3.87. The van der Waals surface area contributed by atoms with Crippen LogP contribution in [0.25, 0.3) is 0 Å². The van der Waals surface area contributed by atoms with Gasteiger partial charge in [0.15, 0.2) is 0 Å². The van der Waals surface area contributed by atoms with Gasteiger partial charge < -0.3 is 10.1 Å². The lowest BCUT2D eigenvalue weighted by Crippen LogP contribution is -2.16. The zero-order chi connectivity index (χ0) is 23.5. The molecule has 0 radical (unpaired) electrons. The summed E-state index contributed by atoms with van der Waals surface area (Å²) in [6.07, 6.45) is 0. The number of carbonyl (C=O) groups is 2. The number of aryl methyl sites for hydroxylation is 1. The van der Waals surface area contributed by atoms with Crippen molar-refractivity contribution in [3.63, 3.8) is 0 Å². The van der Waals surface area contributed by atoms with Crippen LogP contribution in [0.3, 0.4) is 0 Å². The first-order valence-corrected chi connectivity index (χ1v) is 11.4. The first kappa shape index (κ1) is 23.6. The number of anilines is 2. The molecule has 0 bridgehead atoms. The van der Waals surface area contributed by atoms with Crippen molar-refractivity contribution in [1.82, 2.24) is 0 Å². The van der Waals surface area contributed by atoms with Crippen LogP contribution in [0.2, 0.25) is 10.0 Å². The maximum absolute atomic E-state index is 12.8. The summed E-state index contributed by atoms with van der Waals surface area (Å²) in [4.78, 5) is 24.6. The molecule has 0 atom stereocenters. The number of benzene rings is 3. The molecule has 32 heavy (non-hydrogen) atoms. The second-order valence-electron chi connectivity index (χ2n) is 6.75. The molecule has 3 rings (SSSR count). The van der Waals surface area contributed by atoms with Gasteiger partial charge in [-0.1, -0.05) is 40.9 Å². The summed E-state index contributed by atoms with van der Waals surface area (Å²) in [6.45, 7) is 1.85. The molecule has 0 fully saturated rings. The van der Waals surface area contributed by atoms with Crippen LogP contribution in [-0.4, -0.2) is 27.4 Å². The van der Waals surface area contributed by atoms with E-state index in [2.05, 4.69) is 14.8 Å². The van der Waals surface area contributed by atoms with Crippen LogP contribution in [0.5, 0.6) is 0 Å². The Hall–Kier alpha value is -3.07. The van der Waals surface area contributed by atoms with Crippen LogP contribution in [0.15, 0.2) is 65.6 Å². The second-order valence-corrected chi connectivity index (χ2v) is 9.25.